The van der Waals surface area contributed by atoms with Crippen LogP contribution in [0.1, 0.15) is 105 Å². The van der Waals surface area contributed by atoms with Crippen molar-refractivity contribution >= 4 is 8.60 Å². The van der Waals surface area contributed by atoms with Crippen LogP contribution in [-0.4, -0.2) is 9.79 Å². The van der Waals surface area contributed by atoms with E-state index in [1.165, 1.54) is 22.3 Å². The summed E-state index contributed by atoms with van der Waals surface area (Å²) < 4.78 is 5.71. The summed E-state index contributed by atoms with van der Waals surface area (Å²) in [5.41, 5.74) is 8.89. The molecule has 0 saturated heterocycles. The Bertz CT molecular complexity index is 1290. The maximum Gasteiger partial charge on any atom is 0.391 e. The molecule has 3 rings (SSSR count). The van der Waals surface area contributed by atoms with Gasteiger partial charge in [0, 0.05) is 5.56 Å². The molecule has 3 nitrogen and oxygen atoms in total. The molecule has 0 atom stereocenters. The quantitative estimate of drug-likeness (QED) is 0.328. The van der Waals surface area contributed by atoms with Gasteiger partial charge in [-0.15, -0.1) is 0 Å². The third-order valence-electron chi connectivity index (χ3n) is 7.15. The normalized spacial score (nSPS) is 13.2. The van der Waals surface area contributed by atoms with E-state index in [0.29, 0.717) is 5.75 Å². The maximum atomic E-state index is 9.93. The van der Waals surface area contributed by atoms with Gasteiger partial charge in [0.25, 0.3) is 0 Å². The molecule has 2 N–H and O–H groups in total. The molecule has 0 heterocycles. The van der Waals surface area contributed by atoms with E-state index < -0.39 is 8.60 Å². The fourth-order valence-corrected chi connectivity index (χ4v) is 5.24. The average molecular weight is 535 g/mol. The predicted molar refractivity (Wildman–Crippen MR) is 164 cm³/mol. The molecule has 4 heteroatoms. The van der Waals surface area contributed by atoms with Crippen molar-refractivity contribution in [3.8, 4) is 28.0 Å². The molecule has 3 aromatic rings. The average Bonchev–Trinajstić information content (AvgIpc) is 2.75. The Kier molecular flexibility index (Phi) is 8.32. The van der Waals surface area contributed by atoms with Crippen molar-refractivity contribution in [1.82, 2.24) is 0 Å². The van der Waals surface area contributed by atoms with E-state index in [-0.39, 0.29) is 21.7 Å². The number of rotatable bonds is 4. The van der Waals surface area contributed by atoms with Crippen molar-refractivity contribution in [2.24, 2.45) is 0 Å². The van der Waals surface area contributed by atoms with Crippen LogP contribution in [0.4, 0.5) is 0 Å². The molecule has 206 valence electrons. The van der Waals surface area contributed by atoms with Gasteiger partial charge in [-0.25, -0.2) is 0 Å². The lowest BCUT2D eigenvalue weighted by atomic mass is 9.74. The second kappa shape index (κ2) is 10.4. The maximum absolute atomic E-state index is 9.93. The fraction of sp³-hybridized carbons (Fsp3) is 0.471. The molecule has 0 aromatic heterocycles. The smallest absolute Gasteiger partial charge is 0.391 e. The second-order valence-corrected chi connectivity index (χ2v) is 15.2. The number of benzene rings is 3. The first-order valence-corrected chi connectivity index (χ1v) is 14.7. The zero-order chi connectivity index (χ0) is 28.8. The monoisotopic (exact) mass is 534 g/mol. The summed E-state index contributed by atoms with van der Waals surface area (Å²) in [4.78, 5) is 19.9. The molecule has 0 fully saturated rings. The van der Waals surface area contributed by atoms with Crippen molar-refractivity contribution in [2.45, 2.75) is 105 Å². The second-order valence-electron chi connectivity index (χ2n) is 14.5. The lowest BCUT2D eigenvalue weighted by molar-refractivity contribution is 0.375. The summed E-state index contributed by atoms with van der Waals surface area (Å²) in [6.45, 7) is 26.8. The van der Waals surface area contributed by atoms with Gasteiger partial charge in [-0.3, -0.25) is 0 Å². The number of hydrogen-bond donors (Lipinski definition) is 2. The van der Waals surface area contributed by atoms with Crippen LogP contribution in [0.15, 0.2) is 54.6 Å². The van der Waals surface area contributed by atoms with Gasteiger partial charge >= 0.3 is 8.60 Å². The third kappa shape index (κ3) is 6.68. The van der Waals surface area contributed by atoms with Crippen molar-refractivity contribution in [3.05, 3.63) is 76.9 Å². The molecule has 0 saturated carbocycles. The van der Waals surface area contributed by atoms with E-state index in [9.17, 15) is 9.79 Å². The molecule has 0 spiro atoms. The minimum absolute atomic E-state index is 0.00406. The van der Waals surface area contributed by atoms with Crippen LogP contribution in [-0.2, 0) is 21.7 Å². The van der Waals surface area contributed by atoms with Crippen LogP contribution in [0, 0.1) is 0 Å². The summed E-state index contributed by atoms with van der Waals surface area (Å²) in [5.74, 6) is 0.479. The lowest BCUT2D eigenvalue weighted by Crippen LogP contribution is -2.18. The summed E-state index contributed by atoms with van der Waals surface area (Å²) in [6, 6.07) is 19.4. The first kappa shape index (κ1) is 30.4. The van der Waals surface area contributed by atoms with Crippen LogP contribution in [0.25, 0.3) is 22.3 Å². The summed E-state index contributed by atoms with van der Waals surface area (Å²) in [5, 5.41) is 0. The van der Waals surface area contributed by atoms with E-state index in [4.69, 9.17) is 4.52 Å². The highest BCUT2D eigenvalue weighted by molar-refractivity contribution is 7.39. The van der Waals surface area contributed by atoms with Gasteiger partial charge in [-0.2, -0.15) is 0 Å². The van der Waals surface area contributed by atoms with Gasteiger partial charge < -0.3 is 14.3 Å². The van der Waals surface area contributed by atoms with Gasteiger partial charge in [-0.1, -0.05) is 132 Å². The molecule has 0 bridgehead atoms. The van der Waals surface area contributed by atoms with E-state index in [1.54, 1.807) is 0 Å². The van der Waals surface area contributed by atoms with Gasteiger partial charge in [0.1, 0.15) is 5.75 Å². The Morgan fingerprint density at radius 3 is 1.39 bits per heavy atom. The van der Waals surface area contributed by atoms with Crippen LogP contribution in [0.2, 0.25) is 0 Å². The molecular formula is C34H47O3P. The molecule has 0 aliphatic rings. The van der Waals surface area contributed by atoms with Crippen molar-refractivity contribution in [3.63, 3.8) is 0 Å². The minimum atomic E-state index is -2.58. The lowest BCUT2D eigenvalue weighted by Gasteiger charge is -2.31. The van der Waals surface area contributed by atoms with Crippen LogP contribution in [0.3, 0.4) is 0 Å². The molecule has 0 aliphatic carbocycles. The number of hydrogen-bond acceptors (Lipinski definition) is 3. The van der Waals surface area contributed by atoms with E-state index >= 15 is 0 Å². The van der Waals surface area contributed by atoms with Crippen molar-refractivity contribution in [2.75, 3.05) is 0 Å². The molecular weight excluding hydrogens is 487 g/mol. The van der Waals surface area contributed by atoms with Crippen LogP contribution >= 0.6 is 8.60 Å². The highest BCUT2D eigenvalue weighted by Crippen LogP contribution is 2.49. The summed E-state index contributed by atoms with van der Waals surface area (Å²) >= 11 is 0. The van der Waals surface area contributed by atoms with E-state index in [0.717, 1.165) is 22.3 Å². The van der Waals surface area contributed by atoms with Crippen molar-refractivity contribution in [1.29, 1.82) is 0 Å². The molecule has 0 amide bonds. The molecule has 0 aliphatic heterocycles. The minimum Gasteiger partial charge on any atom is -0.426 e. The standard InChI is InChI=1S/C34H47O3P/c1-31(2,3)22-16-18-24(27(20-22)33(7,8)9)25-14-13-15-29(37-38(35)36)30(25)26-19-17-23(32(4,5)6)21-28(26)34(10,11)12/h13-21,35-36H,1-12H3. The van der Waals surface area contributed by atoms with Gasteiger partial charge in [0.15, 0.2) is 0 Å². The highest BCUT2D eigenvalue weighted by Gasteiger charge is 2.29. The Hall–Kier alpha value is -2.19. The van der Waals surface area contributed by atoms with E-state index in [2.05, 4.69) is 126 Å². The third-order valence-corrected chi connectivity index (χ3v) is 7.51. The van der Waals surface area contributed by atoms with Gasteiger partial charge in [0.05, 0.1) is 0 Å². The molecule has 3 aromatic carbocycles. The fourth-order valence-electron chi connectivity index (χ4n) is 4.91. The summed E-state index contributed by atoms with van der Waals surface area (Å²) in [6.07, 6.45) is 0. The van der Waals surface area contributed by atoms with Gasteiger partial charge in [-0.05, 0) is 66.7 Å². The molecule has 0 radical (unpaired) electrons. The van der Waals surface area contributed by atoms with Gasteiger partial charge in [0.2, 0.25) is 0 Å². The van der Waals surface area contributed by atoms with E-state index in [1.807, 2.05) is 12.1 Å². The topological polar surface area (TPSA) is 49.7 Å². The largest absolute Gasteiger partial charge is 0.426 e. The Morgan fingerprint density at radius 1 is 0.526 bits per heavy atom. The van der Waals surface area contributed by atoms with Crippen LogP contribution in [0.5, 0.6) is 5.75 Å². The summed E-state index contributed by atoms with van der Waals surface area (Å²) in [7, 11) is -2.58. The first-order valence-electron chi connectivity index (χ1n) is 13.5. The van der Waals surface area contributed by atoms with Crippen molar-refractivity contribution < 1.29 is 14.3 Å². The zero-order valence-electron chi connectivity index (χ0n) is 25.4. The Labute approximate surface area is 232 Å². The predicted octanol–water partition coefficient (Wildman–Crippen LogP) is 9.80. The first-order chi connectivity index (χ1) is 17.2. The molecule has 38 heavy (non-hydrogen) atoms. The highest BCUT2D eigenvalue weighted by atomic mass is 31.2. The Morgan fingerprint density at radius 2 is 0.974 bits per heavy atom. The van der Waals surface area contributed by atoms with Crippen LogP contribution < -0.4 is 4.52 Å². The molecule has 0 unspecified atom stereocenters. The Balaban J connectivity index is 2.48. The zero-order valence-corrected chi connectivity index (χ0v) is 26.3. The SMILES string of the molecule is CC(C)(C)c1ccc(-c2cccc(OP(O)O)c2-c2ccc(C(C)(C)C)cc2C(C)(C)C)c(C(C)(C)C)c1.